The van der Waals surface area contributed by atoms with E-state index >= 15 is 0 Å². The first kappa shape index (κ1) is 28.3. The molecule has 0 radical (unpaired) electrons. The Morgan fingerprint density at radius 3 is 2.58 bits per heavy atom. The van der Waals surface area contributed by atoms with Gasteiger partial charge in [-0.15, -0.1) is 11.3 Å². The average molecular weight is 579 g/mol. The van der Waals surface area contributed by atoms with Crippen molar-refractivity contribution in [2.75, 3.05) is 19.6 Å². The van der Waals surface area contributed by atoms with Crippen LogP contribution in [0.3, 0.4) is 0 Å². The zero-order valence-electron chi connectivity index (χ0n) is 21.0. The van der Waals surface area contributed by atoms with Crippen LogP contribution >= 0.6 is 22.9 Å². The van der Waals surface area contributed by atoms with Crippen molar-refractivity contribution >= 4 is 56.8 Å². The third-order valence-corrected chi connectivity index (χ3v) is 9.01. The predicted molar refractivity (Wildman–Crippen MR) is 148 cm³/mol. The van der Waals surface area contributed by atoms with E-state index in [9.17, 15) is 22.8 Å². The van der Waals surface area contributed by atoms with Gasteiger partial charge in [0.25, 0.3) is 0 Å². The third-order valence-electron chi connectivity index (χ3n) is 6.70. The highest BCUT2D eigenvalue weighted by atomic mass is 35.5. The summed E-state index contributed by atoms with van der Waals surface area (Å²) >= 11 is 7.12. The number of nitrogens with zero attached hydrogens (tertiary/aromatic N) is 2. The SMILES string of the molecule is C[C@@H](NC(=O)[C@@H]1CCCN1C(=O)CN1CCC[C@H](NS(=O)(=O)C=Cc2ccc(Cl)s2)C1=O)c1ccccc1. The molecular formula is C26H31ClN4O5S2. The van der Waals surface area contributed by atoms with Gasteiger partial charge < -0.3 is 15.1 Å². The number of carbonyl (C=O) groups excluding carboxylic acids is 3. The van der Waals surface area contributed by atoms with Crippen molar-refractivity contribution in [1.82, 2.24) is 19.8 Å². The fourth-order valence-corrected chi connectivity index (χ4v) is 6.81. The summed E-state index contributed by atoms with van der Waals surface area (Å²) in [4.78, 5) is 42.8. The third kappa shape index (κ3) is 7.22. The second kappa shape index (κ2) is 12.4. The van der Waals surface area contributed by atoms with E-state index in [1.807, 2.05) is 37.3 Å². The van der Waals surface area contributed by atoms with Crippen LogP contribution in [0.1, 0.15) is 49.1 Å². The molecule has 204 valence electrons. The molecule has 3 heterocycles. The van der Waals surface area contributed by atoms with Gasteiger partial charge in [-0.25, -0.2) is 8.42 Å². The number of thiophene rings is 1. The van der Waals surface area contributed by atoms with E-state index in [1.165, 1.54) is 27.2 Å². The maximum absolute atomic E-state index is 13.2. The Kier molecular flexibility index (Phi) is 9.24. The molecule has 2 aromatic rings. The highest BCUT2D eigenvalue weighted by Gasteiger charge is 2.37. The Balaban J connectivity index is 1.34. The number of halogens is 1. The van der Waals surface area contributed by atoms with Crippen LogP contribution in [0.15, 0.2) is 47.9 Å². The zero-order valence-corrected chi connectivity index (χ0v) is 23.4. The number of nitrogens with one attached hydrogen (secondary N) is 2. The van der Waals surface area contributed by atoms with E-state index in [-0.39, 0.29) is 24.4 Å². The molecule has 2 aliphatic heterocycles. The molecule has 9 nitrogen and oxygen atoms in total. The molecule has 2 saturated heterocycles. The van der Waals surface area contributed by atoms with Crippen LogP contribution in [-0.4, -0.2) is 67.7 Å². The number of carbonyl (C=O) groups is 3. The number of rotatable bonds is 9. The van der Waals surface area contributed by atoms with E-state index in [0.717, 1.165) is 11.0 Å². The van der Waals surface area contributed by atoms with Crippen molar-refractivity contribution in [2.24, 2.45) is 0 Å². The summed E-state index contributed by atoms with van der Waals surface area (Å²) in [6.45, 7) is 2.49. The van der Waals surface area contributed by atoms with Gasteiger partial charge in [-0.05, 0) is 56.4 Å². The van der Waals surface area contributed by atoms with E-state index in [2.05, 4.69) is 10.0 Å². The van der Waals surface area contributed by atoms with Gasteiger partial charge in [0, 0.05) is 23.4 Å². The van der Waals surface area contributed by atoms with Gasteiger partial charge in [-0.2, -0.15) is 4.72 Å². The predicted octanol–water partition coefficient (Wildman–Crippen LogP) is 3.15. The Bertz CT molecular complexity index is 1300. The Labute approximate surface area is 231 Å². The number of likely N-dealkylation sites (tertiary alicyclic amines) is 2. The molecule has 4 rings (SSSR count). The summed E-state index contributed by atoms with van der Waals surface area (Å²) in [7, 11) is -3.89. The minimum atomic E-state index is -3.89. The lowest BCUT2D eigenvalue weighted by Crippen LogP contribution is -2.55. The summed E-state index contributed by atoms with van der Waals surface area (Å²) in [5.41, 5.74) is 0.971. The highest BCUT2D eigenvalue weighted by molar-refractivity contribution is 7.92. The molecular weight excluding hydrogens is 548 g/mol. The molecule has 0 bridgehead atoms. The molecule has 3 atom stereocenters. The van der Waals surface area contributed by atoms with Crippen molar-refractivity contribution in [3.05, 3.63) is 62.6 Å². The minimum absolute atomic E-state index is 0.196. The number of piperidine rings is 1. The lowest BCUT2D eigenvalue weighted by atomic mass is 10.1. The fourth-order valence-electron chi connectivity index (χ4n) is 4.75. The number of sulfonamides is 1. The maximum atomic E-state index is 13.2. The quantitative estimate of drug-likeness (QED) is 0.474. The van der Waals surface area contributed by atoms with E-state index in [4.69, 9.17) is 11.6 Å². The number of amides is 3. The molecule has 2 N–H and O–H groups in total. The topological polar surface area (TPSA) is 116 Å². The van der Waals surface area contributed by atoms with Gasteiger partial charge in [0.2, 0.25) is 27.7 Å². The van der Waals surface area contributed by atoms with Crippen molar-refractivity contribution in [2.45, 2.75) is 50.7 Å². The monoisotopic (exact) mass is 578 g/mol. The van der Waals surface area contributed by atoms with Crippen LogP contribution < -0.4 is 10.0 Å². The summed E-state index contributed by atoms with van der Waals surface area (Å²) < 4.78 is 28.1. The highest BCUT2D eigenvalue weighted by Crippen LogP contribution is 2.23. The summed E-state index contributed by atoms with van der Waals surface area (Å²) in [5, 5.41) is 4.00. The first-order valence-electron chi connectivity index (χ1n) is 12.5. The molecule has 0 spiro atoms. The molecule has 1 aromatic carbocycles. The van der Waals surface area contributed by atoms with E-state index in [1.54, 1.807) is 12.1 Å². The standard InChI is InChI=1S/C26H31ClN4O5S2/c1-18(19-7-3-2-4-8-19)28-25(33)22-10-6-15-31(22)24(32)17-30-14-5-9-21(26(30)34)29-38(35,36)16-13-20-11-12-23(27)37-20/h2-4,7-8,11-13,16,18,21-22,29H,5-6,9-10,14-15,17H2,1H3,(H,28,33)/t18-,21+,22+/m1/s1. The lowest BCUT2D eigenvalue weighted by Gasteiger charge is -2.34. The van der Waals surface area contributed by atoms with E-state index in [0.29, 0.717) is 48.0 Å². The van der Waals surface area contributed by atoms with Crippen LogP contribution in [-0.2, 0) is 24.4 Å². The Hall–Kier alpha value is -2.73. The first-order chi connectivity index (χ1) is 18.1. The second-order valence-electron chi connectivity index (χ2n) is 9.45. The number of benzene rings is 1. The smallest absolute Gasteiger partial charge is 0.243 e. The molecule has 1 aromatic heterocycles. The largest absolute Gasteiger partial charge is 0.348 e. The molecule has 3 amide bonds. The maximum Gasteiger partial charge on any atom is 0.243 e. The van der Waals surface area contributed by atoms with Gasteiger partial charge in [0.05, 0.1) is 16.9 Å². The van der Waals surface area contributed by atoms with Crippen LogP contribution in [0.4, 0.5) is 0 Å². The molecule has 0 aliphatic carbocycles. The van der Waals surface area contributed by atoms with Gasteiger partial charge in [-0.1, -0.05) is 41.9 Å². The normalized spacial score (nSPS) is 21.2. The Morgan fingerprint density at radius 1 is 1.13 bits per heavy atom. The van der Waals surface area contributed by atoms with Gasteiger partial charge in [0.15, 0.2) is 0 Å². The molecule has 0 saturated carbocycles. The number of hydrogen-bond donors (Lipinski definition) is 2. The van der Waals surface area contributed by atoms with Crippen molar-refractivity contribution in [3.63, 3.8) is 0 Å². The van der Waals surface area contributed by atoms with Gasteiger partial charge in [-0.3, -0.25) is 14.4 Å². The van der Waals surface area contributed by atoms with Crippen molar-refractivity contribution < 1.29 is 22.8 Å². The second-order valence-corrected chi connectivity index (χ2v) is 12.8. The molecule has 12 heteroatoms. The lowest BCUT2D eigenvalue weighted by molar-refractivity contribution is -0.145. The van der Waals surface area contributed by atoms with Gasteiger partial charge in [0.1, 0.15) is 12.1 Å². The molecule has 2 aliphatic rings. The van der Waals surface area contributed by atoms with Crippen LogP contribution in [0.25, 0.3) is 6.08 Å². The first-order valence-corrected chi connectivity index (χ1v) is 15.3. The molecule has 0 unspecified atom stereocenters. The zero-order chi connectivity index (χ0) is 27.3. The van der Waals surface area contributed by atoms with Crippen LogP contribution in [0.5, 0.6) is 0 Å². The van der Waals surface area contributed by atoms with Gasteiger partial charge >= 0.3 is 0 Å². The van der Waals surface area contributed by atoms with Crippen molar-refractivity contribution in [3.8, 4) is 0 Å². The van der Waals surface area contributed by atoms with E-state index < -0.39 is 28.0 Å². The van der Waals surface area contributed by atoms with Crippen LogP contribution in [0, 0.1) is 0 Å². The summed E-state index contributed by atoms with van der Waals surface area (Å²) in [6.07, 6.45) is 3.56. The van der Waals surface area contributed by atoms with Crippen LogP contribution in [0.2, 0.25) is 4.34 Å². The number of hydrogen-bond acceptors (Lipinski definition) is 6. The summed E-state index contributed by atoms with van der Waals surface area (Å²) in [6, 6.07) is 11.2. The minimum Gasteiger partial charge on any atom is -0.348 e. The Morgan fingerprint density at radius 2 is 1.87 bits per heavy atom. The molecule has 38 heavy (non-hydrogen) atoms. The summed E-state index contributed by atoms with van der Waals surface area (Å²) in [5.74, 6) is -0.985. The fraction of sp³-hybridized carbons (Fsp3) is 0.423. The average Bonchev–Trinajstić information content (AvgIpc) is 3.55. The van der Waals surface area contributed by atoms with Crippen molar-refractivity contribution in [1.29, 1.82) is 0 Å². The molecule has 2 fully saturated rings.